The molecule has 1 rings (SSSR count). The van der Waals surface area contributed by atoms with E-state index in [1.54, 1.807) is 4.90 Å². The van der Waals surface area contributed by atoms with Crippen LogP contribution in [-0.2, 0) is 20.9 Å². The largest absolute Gasteiger partial charge is 0.469 e. The van der Waals surface area contributed by atoms with Gasteiger partial charge in [-0.3, -0.25) is 9.59 Å². The normalized spacial score (nSPS) is 10.1. The van der Waals surface area contributed by atoms with Gasteiger partial charge in [-0.1, -0.05) is 36.8 Å². The van der Waals surface area contributed by atoms with E-state index in [2.05, 4.69) is 4.74 Å². The lowest BCUT2D eigenvalue weighted by molar-refractivity contribution is -0.141. The standard InChI is InChI=1S/C15H21NO3/c1-4-14(17)16(10-9-15(18)19-3)11-13-7-5-12(2)6-8-13/h5-8H,4,9-11H2,1-3H3. The lowest BCUT2D eigenvalue weighted by atomic mass is 10.1. The number of amides is 1. The maximum Gasteiger partial charge on any atom is 0.307 e. The van der Waals surface area contributed by atoms with Crippen LogP contribution in [0, 0.1) is 6.92 Å². The molecule has 1 amide bonds. The van der Waals surface area contributed by atoms with Crippen LogP contribution >= 0.6 is 0 Å². The quantitative estimate of drug-likeness (QED) is 0.740. The van der Waals surface area contributed by atoms with Crippen LogP contribution in [0.2, 0.25) is 0 Å². The van der Waals surface area contributed by atoms with Crippen molar-refractivity contribution < 1.29 is 14.3 Å². The molecule has 19 heavy (non-hydrogen) atoms. The molecule has 0 saturated carbocycles. The summed E-state index contributed by atoms with van der Waals surface area (Å²) in [7, 11) is 1.36. The smallest absolute Gasteiger partial charge is 0.307 e. The summed E-state index contributed by atoms with van der Waals surface area (Å²) < 4.78 is 4.60. The third kappa shape index (κ3) is 5.12. The summed E-state index contributed by atoms with van der Waals surface area (Å²) in [6, 6.07) is 8.04. The van der Waals surface area contributed by atoms with Crippen molar-refractivity contribution in [3.8, 4) is 0 Å². The fourth-order valence-electron chi connectivity index (χ4n) is 1.76. The van der Waals surface area contributed by atoms with E-state index in [-0.39, 0.29) is 18.3 Å². The van der Waals surface area contributed by atoms with E-state index in [1.807, 2.05) is 38.1 Å². The van der Waals surface area contributed by atoms with Crippen molar-refractivity contribution in [2.45, 2.75) is 33.2 Å². The molecule has 0 fully saturated rings. The van der Waals surface area contributed by atoms with Gasteiger partial charge in [0, 0.05) is 19.5 Å². The van der Waals surface area contributed by atoms with E-state index >= 15 is 0 Å². The molecule has 4 nitrogen and oxygen atoms in total. The van der Waals surface area contributed by atoms with Gasteiger partial charge in [0.15, 0.2) is 0 Å². The molecule has 1 aromatic rings. The Hall–Kier alpha value is -1.84. The number of esters is 1. The van der Waals surface area contributed by atoms with Crippen molar-refractivity contribution in [1.29, 1.82) is 0 Å². The van der Waals surface area contributed by atoms with E-state index in [0.717, 1.165) is 5.56 Å². The Morgan fingerprint density at radius 3 is 2.37 bits per heavy atom. The number of carbonyl (C=O) groups is 2. The molecule has 0 aliphatic heterocycles. The predicted octanol–water partition coefficient (Wildman–Crippen LogP) is 2.30. The number of nitrogens with zero attached hydrogens (tertiary/aromatic N) is 1. The number of aryl methyl sites for hydroxylation is 1. The van der Waals surface area contributed by atoms with Crippen LogP contribution in [0.25, 0.3) is 0 Å². The Kier molecular flexibility index (Phi) is 6.06. The zero-order valence-electron chi connectivity index (χ0n) is 11.8. The molecule has 0 spiro atoms. The second-order valence-corrected chi connectivity index (χ2v) is 4.48. The molecular weight excluding hydrogens is 242 g/mol. The summed E-state index contributed by atoms with van der Waals surface area (Å²) in [5.74, 6) is -0.248. The van der Waals surface area contributed by atoms with Gasteiger partial charge in [0.2, 0.25) is 5.91 Å². The average Bonchev–Trinajstić information content (AvgIpc) is 2.44. The Labute approximate surface area is 114 Å². The highest BCUT2D eigenvalue weighted by Crippen LogP contribution is 2.09. The number of carbonyl (C=O) groups excluding carboxylic acids is 2. The summed E-state index contributed by atoms with van der Waals surface area (Å²) in [6.45, 7) is 4.77. The van der Waals surface area contributed by atoms with E-state index in [9.17, 15) is 9.59 Å². The molecule has 0 N–H and O–H groups in total. The van der Waals surface area contributed by atoms with Crippen molar-refractivity contribution in [2.24, 2.45) is 0 Å². The third-order valence-corrected chi connectivity index (χ3v) is 2.96. The minimum absolute atomic E-state index is 0.0458. The summed E-state index contributed by atoms with van der Waals surface area (Å²) >= 11 is 0. The van der Waals surface area contributed by atoms with Crippen LogP contribution in [0.15, 0.2) is 24.3 Å². The van der Waals surface area contributed by atoms with E-state index in [0.29, 0.717) is 19.5 Å². The monoisotopic (exact) mass is 263 g/mol. The number of rotatable bonds is 6. The Morgan fingerprint density at radius 1 is 1.21 bits per heavy atom. The third-order valence-electron chi connectivity index (χ3n) is 2.96. The Bertz CT molecular complexity index is 426. The molecule has 104 valence electrons. The maximum atomic E-state index is 11.9. The van der Waals surface area contributed by atoms with E-state index < -0.39 is 0 Å². The van der Waals surface area contributed by atoms with Gasteiger partial charge in [0.05, 0.1) is 13.5 Å². The molecule has 0 radical (unpaired) electrons. The number of methoxy groups -OCH3 is 1. The van der Waals surface area contributed by atoms with Crippen LogP contribution in [0.3, 0.4) is 0 Å². The van der Waals surface area contributed by atoms with Crippen LogP contribution < -0.4 is 0 Å². The first kappa shape index (κ1) is 15.2. The molecule has 4 heteroatoms. The lowest BCUT2D eigenvalue weighted by Gasteiger charge is -2.22. The van der Waals surface area contributed by atoms with Crippen LogP contribution in [0.1, 0.15) is 30.9 Å². The fraction of sp³-hybridized carbons (Fsp3) is 0.467. The van der Waals surface area contributed by atoms with Crippen molar-refractivity contribution in [2.75, 3.05) is 13.7 Å². The summed E-state index contributed by atoms with van der Waals surface area (Å²) in [5, 5.41) is 0. The van der Waals surface area contributed by atoms with Gasteiger partial charge < -0.3 is 9.64 Å². The molecule has 1 aromatic carbocycles. The van der Waals surface area contributed by atoms with Crippen LogP contribution in [0.4, 0.5) is 0 Å². The zero-order valence-corrected chi connectivity index (χ0v) is 11.8. The molecule has 0 aliphatic carbocycles. The zero-order chi connectivity index (χ0) is 14.3. The predicted molar refractivity (Wildman–Crippen MR) is 73.5 cm³/mol. The molecule has 0 atom stereocenters. The Balaban J connectivity index is 2.66. The van der Waals surface area contributed by atoms with Gasteiger partial charge in [-0.05, 0) is 12.5 Å². The van der Waals surface area contributed by atoms with Gasteiger partial charge in [-0.2, -0.15) is 0 Å². The molecular formula is C15H21NO3. The summed E-state index contributed by atoms with van der Waals surface area (Å²) in [5.41, 5.74) is 2.25. The number of ether oxygens (including phenoxy) is 1. The number of hydrogen-bond acceptors (Lipinski definition) is 3. The van der Waals surface area contributed by atoms with Gasteiger partial charge in [-0.15, -0.1) is 0 Å². The summed E-state index contributed by atoms with van der Waals surface area (Å²) in [6.07, 6.45) is 0.668. The highest BCUT2D eigenvalue weighted by atomic mass is 16.5. The number of hydrogen-bond donors (Lipinski definition) is 0. The fourth-order valence-corrected chi connectivity index (χ4v) is 1.76. The van der Waals surface area contributed by atoms with Crippen molar-refractivity contribution >= 4 is 11.9 Å². The van der Waals surface area contributed by atoms with Gasteiger partial charge in [-0.25, -0.2) is 0 Å². The van der Waals surface area contributed by atoms with Gasteiger partial charge in [0.25, 0.3) is 0 Å². The molecule has 0 saturated heterocycles. The first-order valence-electron chi connectivity index (χ1n) is 6.47. The molecule has 0 aromatic heterocycles. The van der Waals surface area contributed by atoms with Crippen molar-refractivity contribution in [3.63, 3.8) is 0 Å². The first-order valence-corrected chi connectivity index (χ1v) is 6.47. The topological polar surface area (TPSA) is 46.6 Å². The summed E-state index contributed by atoms with van der Waals surface area (Å²) in [4.78, 5) is 24.7. The maximum absolute atomic E-state index is 11.9. The second-order valence-electron chi connectivity index (χ2n) is 4.48. The average molecular weight is 263 g/mol. The molecule has 0 unspecified atom stereocenters. The first-order chi connectivity index (χ1) is 9.06. The second kappa shape index (κ2) is 7.56. The molecule has 0 aliphatic rings. The molecule has 0 bridgehead atoms. The number of benzene rings is 1. The van der Waals surface area contributed by atoms with Crippen molar-refractivity contribution in [3.05, 3.63) is 35.4 Å². The van der Waals surface area contributed by atoms with E-state index in [4.69, 9.17) is 0 Å². The van der Waals surface area contributed by atoms with Gasteiger partial charge in [0.1, 0.15) is 0 Å². The minimum Gasteiger partial charge on any atom is -0.469 e. The van der Waals surface area contributed by atoms with Crippen molar-refractivity contribution in [1.82, 2.24) is 4.90 Å². The highest BCUT2D eigenvalue weighted by Gasteiger charge is 2.14. The SMILES string of the molecule is CCC(=O)N(CCC(=O)OC)Cc1ccc(C)cc1. The van der Waals surface area contributed by atoms with Crippen LogP contribution in [-0.4, -0.2) is 30.4 Å². The minimum atomic E-state index is -0.294. The van der Waals surface area contributed by atoms with Crippen LogP contribution in [0.5, 0.6) is 0 Å². The highest BCUT2D eigenvalue weighted by molar-refractivity contribution is 5.77. The molecule has 0 heterocycles. The van der Waals surface area contributed by atoms with Gasteiger partial charge >= 0.3 is 5.97 Å². The Morgan fingerprint density at radius 2 is 1.84 bits per heavy atom. The lowest BCUT2D eigenvalue weighted by Crippen LogP contribution is -2.32. The van der Waals surface area contributed by atoms with E-state index in [1.165, 1.54) is 12.7 Å².